The first-order valence-electron chi connectivity index (χ1n) is 5.94. The van der Waals surface area contributed by atoms with Gasteiger partial charge in [0.15, 0.2) is 0 Å². The van der Waals surface area contributed by atoms with Crippen LogP contribution in [0.4, 0.5) is 0 Å². The largest absolute Gasteiger partial charge is 0.464 e. The van der Waals surface area contributed by atoms with Crippen LogP contribution < -0.4 is 0 Å². The van der Waals surface area contributed by atoms with Crippen LogP contribution in [0.3, 0.4) is 0 Å². The molecule has 1 aliphatic heterocycles. The summed E-state index contributed by atoms with van der Waals surface area (Å²) in [5.74, 6) is 0. The molecule has 1 fully saturated rings. The van der Waals surface area contributed by atoms with Gasteiger partial charge in [0.1, 0.15) is 0 Å². The fourth-order valence-corrected chi connectivity index (χ4v) is 2.33. The lowest BCUT2D eigenvalue weighted by atomic mass is 10.1. The Balaban J connectivity index is 2.26. The molecule has 4 nitrogen and oxygen atoms in total. The van der Waals surface area contributed by atoms with Crippen molar-refractivity contribution in [3.8, 4) is 6.19 Å². The highest BCUT2D eigenvalue weighted by Gasteiger charge is 2.24. The number of nitrogens with zero attached hydrogens (tertiary/aromatic N) is 3. The molecule has 0 radical (unpaired) electrons. The monoisotopic (exact) mass is 297 g/mol. The molecule has 1 atom stereocenters. The van der Waals surface area contributed by atoms with Gasteiger partial charge in [-0.1, -0.05) is 29.3 Å². The highest BCUT2D eigenvalue weighted by Crippen LogP contribution is 2.29. The number of amidine groups is 1. The zero-order valence-electron chi connectivity index (χ0n) is 10.4. The molecule has 19 heavy (non-hydrogen) atoms. The maximum Gasteiger partial charge on any atom is 0.303 e. The van der Waals surface area contributed by atoms with E-state index in [9.17, 15) is 0 Å². The Kier molecular flexibility index (Phi) is 4.52. The van der Waals surface area contributed by atoms with E-state index in [2.05, 4.69) is 4.99 Å². The lowest BCUT2D eigenvalue weighted by Crippen LogP contribution is -2.40. The summed E-state index contributed by atoms with van der Waals surface area (Å²) in [5.41, 5.74) is 1.01. The Morgan fingerprint density at radius 1 is 1.42 bits per heavy atom. The van der Waals surface area contributed by atoms with Gasteiger partial charge in [0, 0.05) is 6.54 Å². The van der Waals surface area contributed by atoms with Crippen molar-refractivity contribution in [2.75, 3.05) is 13.2 Å². The van der Waals surface area contributed by atoms with Crippen molar-refractivity contribution in [2.24, 2.45) is 4.99 Å². The van der Waals surface area contributed by atoms with Gasteiger partial charge in [-0.15, -0.1) is 4.99 Å². The predicted octanol–water partition coefficient (Wildman–Crippen LogP) is 3.61. The van der Waals surface area contributed by atoms with Crippen LogP contribution in [0, 0.1) is 11.5 Å². The average Bonchev–Trinajstić information content (AvgIpc) is 2.42. The lowest BCUT2D eigenvalue weighted by Gasteiger charge is -2.34. The van der Waals surface area contributed by atoms with Crippen LogP contribution >= 0.6 is 23.2 Å². The molecule has 0 aromatic heterocycles. The Labute approximate surface area is 122 Å². The first kappa shape index (κ1) is 14.0. The smallest absolute Gasteiger partial charge is 0.303 e. The topological polar surface area (TPSA) is 48.6 Å². The fourth-order valence-electron chi connectivity index (χ4n) is 2.03. The Morgan fingerprint density at radius 2 is 2.21 bits per heavy atom. The first-order valence-corrected chi connectivity index (χ1v) is 6.70. The maximum absolute atomic E-state index is 8.69. The third-order valence-corrected chi connectivity index (χ3v) is 3.80. The molecule has 0 saturated carbocycles. The lowest BCUT2D eigenvalue weighted by molar-refractivity contribution is 0.150. The third-order valence-electron chi connectivity index (χ3n) is 3.06. The third kappa shape index (κ3) is 3.12. The SMILES string of the molecule is CC(c1ccc(Cl)c(Cl)c1)N1CCCOC1=NC#N. The Bertz CT molecular complexity index is 539. The molecule has 1 aliphatic rings. The number of hydrogen-bond acceptors (Lipinski definition) is 3. The van der Waals surface area contributed by atoms with Crippen molar-refractivity contribution >= 4 is 29.2 Å². The van der Waals surface area contributed by atoms with Crippen LogP contribution in [0.2, 0.25) is 10.0 Å². The first-order chi connectivity index (χ1) is 9.13. The molecule has 2 rings (SSSR count). The van der Waals surface area contributed by atoms with Crippen molar-refractivity contribution in [1.82, 2.24) is 4.90 Å². The molecule has 1 heterocycles. The summed E-state index contributed by atoms with van der Waals surface area (Å²) < 4.78 is 5.42. The highest BCUT2D eigenvalue weighted by molar-refractivity contribution is 6.42. The van der Waals surface area contributed by atoms with Crippen LogP contribution in [-0.4, -0.2) is 24.1 Å². The Morgan fingerprint density at radius 3 is 2.89 bits per heavy atom. The number of ether oxygens (including phenoxy) is 1. The molecule has 1 aromatic rings. The molecule has 0 N–H and O–H groups in total. The number of halogens is 2. The second kappa shape index (κ2) is 6.14. The molecule has 0 amide bonds. The quantitative estimate of drug-likeness (QED) is 0.784. The summed E-state index contributed by atoms with van der Waals surface area (Å²) in [6.45, 7) is 3.40. The van der Waals surface area contributed by atoms with Crippen LogP contribution in [0.1, 0.15) is 24.9 Å². The minimum atomic E-state index is 0.0159. The van der Waals surface area contributed by atoms with Gasteiger partial charge in [-0.3, -0.25) is 0 Å². The van der Waals surface area contributed by atoms with E-state index in [0.29, 0.717) is 22.7 Å². The highest BCUT2D eigenvalue weighted by atomic mass is 35.5. The van der Waals surface area contributed by atoms with Crippen LogP contribution in [0.5, 0.6) is 0 Å². The van der Waals surface area contributed by atoms with Gasteiger partial charge >= 0.3 is 6.02 Å². The molecule has 0 spiro atoms. The summed E-state index contributed by atoms with van der Waals surface area (Å²) in [4.78, 5) is 5.67. The summed E-state index contributed by atoms with van der Waals surface area (Å²) in [5, 5.41) is 9.73. The van der Waals surface area contributed by atoms with Gasteiger partial charge in [-0.05, 0) is 31.0 Å². The molecule has 100 valence electrons. The number of nitriles is 1. The molecular weight excluding hydrogens is 285 g/mol. The number of rotatable bonds is 2. The maximum atomic E-state index is 8.69. The predicted molar refractivity (Wildman–Crippen MR) is 75.2 cm³/mol. The van der Waals surface area contributed by atoms with Gasteiger partial charge in [0.25, 0.3) is 0 Å². The van der Waals surface area contributed by atoms with Crippen molar-refractivity contribution in [3.05, 3.63) is 33.8 Å². The molecular formula is C13H13Cl2N3O. The van der Waals surface area contributed by atoms with Crippen molar-refractivity contribution in [1.29, 1.82) is 5.26 Å². The fraction of sp³-hybridized carbons (Fsp3) is 0.385. The molecule has 1 aromatic carbocycles. The van der Waals surface area contributed by atoms with Gasteiger partial charge in [-0.25, -0.2) is 0 Å². The van der Waals surface area contributed by atoms with E-state index in [1.54, 1.807) is 12.3 Å². The normalized spacial score (nSPS) is 18.8. The van der Waals surface area contributed by atoms with Crippen LogP contribution in [0.15, 0.2) is 23.2 Å². The van der Waals surface area contributed by atoms with Crippen molar-refractivity contribution < 1.29 is 4.74 Å². The molecule has 1 saturated heterocycles. The van der Waals surface area contributed by atoms with Crippen molar-refractivity contribution in [3.63, 3.8) is 0 Å². The van der Waals surface area contributed by atoms with E-state index in [0.717, 1.165) is 18.5 Å². The molecule has 0 bridgehead atoms. The zero-order chi connectivity index (χ0) is 13.8. The molecule has 0 aliphatic carbocycles. The Hall–Kier alpha value is -1.44. The average molecular weight is 298 g/mol. The van der Waals surface area contributed by atoms with Crippen LogP contribution in [0.25, 0.3) is 0 Å². The summed E-state index contributed by atoms with van der Waals surface area (Å²) in [6, 6.07) is 5.89. The van der Waals surface area contributed by atoms with Crippen LogP contribution in [-0.2, 0) is 4.74 Å². The van der Waals surface area contributed by atoms with Gasteiger partial charge in [-0.2, -0.15) is 5.26 Å². The number of hydrogen-bond donors (Lipinski definition) is 0. The molecule has 1 unspecified atom stereocenters. The second-order valence-electron chi connectivity index (χ2n) is 4.24. The van der Waals surface area contributed by atoms with E-state index in [4.69, 9.17) is 33.2 Å². The summed E-state index contributed by atoms with van der Waals surface area (Å²) in [6.07, 6.45) is 2.67. The van der Waals surface area contributed by atoms with Gasteiger partial charge in [0.05, 0.1) is 22.7 Å². The van der Waals surface area contributed by atoms with Gasteiger partial charge in [0.2, 0.25) is 6.19 Å². The zero-order valence-corrected chi connectivity index (χ0v) is 11.9. The van der Waals surface area contributed by atoms with E-state index in [-0.39, 0.29) is 6.04 Å². The van der Waals surface area contributed by atoms with E-state index in [1.165, 1.54) is 0 Å². The van der Waals surface area contributed by atoms with E-state index < -0.39 is 0 Å². The van der Waals surface area contributed by atoms with Crippen molar-refractivity contribution in [2.45, 2.75) is 19.4 Å². The molecule has 6 heteroatoms. The van der Waals surface area contributed by atoms with Gasteiger partial charge < -0.3 is 9.64 Å². The second-order valence-corrected chi connectivity index (χ2v) is 5.05. The standard InChI is InChI=1S/C13H13Cl2N3O/c1-9(10-3-4-11(14)12(15)7-10)18-5-2-6-19-13(18)17-8-16/h3-4,7,9H,2,5-6H2,1H3. The summed E-state index contributed by atoms with van der Waals surface area (Å²) in [7, 11) is 0. The number of aliphatic imine (C=N–C) groups is 1. The number of benzene rings is 1. The summed E-state index contributed by atoms with van der Waals surface area (Å²) >= 11 is 11.9. The van der Waals surface area contributed by atoms with E-state index >= 15 is 0 Å². The minimum Gasteiger partial charge on any atom is -0.464 e. The van der Waals surface area contributed by atoms with E-state index in [1.807, 2.05) is 24.0 Å². The minimum absolute atomic E-state index is 0.0159.